The minimum Gasteiger partial charge on any atom is -0.377 e. The van der Waals surface area contributed by atoms with Crippen LogP contribution in [-0.2, 0) is 11.2 Å². The van der Waals surface area contributed by atoms with E-state index in [1.807, 2.05) is 24.3 Å². The average Bonchev–Trinajstić information content (AvgIpc) is 2.48. The van der Waals surface area contributed by atoms with Crippen LogP contribution in [0.4, 0.5) is 0 Å². The highest BCUT2D eigenvalue weighted by Gasteiger charge is 1.91. The molecule has 2 rings (SSSR count). The van der Waals surface area contributed by atoms with Crippen LogP contribution in [0.3, 0.4) is 0 Å². The molecule has 0 saturated carbocycles. The Hall–Kier alpha value is -1.86. The van der Waals surface area contributed by atoms with Crippen molar-refractivity contribution in [3.8, 4) is 0 Å². The van der Waals surface area contributed by atoms with Crippen LogP contribution >= 0.6 is 0 Å². The molecule has 2 aromatic rings. The van der Waals surface area contributed by atoms with E-state index < -0.39 is 0 Å². The summed E-state index contributed by atoms with van der Waals surface area (Å²) < 4.78 is 5.59. The summed E-state index contributed by atoms with van der Waals surface area (Å²) in [7, 11) is 0. The van der Waals surface area contributed by atoms with Crippen LogP contribution in [-0.4, -0.2) is 13.2 Å². The first-order valence-electron chi connectivity index (χ1n) is 6.78. The first-order valence-corrected chi connectivity index (χ1v) is 6.78. The Morgan fingerprint density at radius 3 is 2.26 bits per heavy atom. The third-order valence-electron chi connectivity index (χ3n) is 2.92. The smallest absolute Gasteiger partial charge is 0.0650 e. The van der Waals surface area contributed by atoms with Gasteiger partial charge < -0.3 is 4.74 Å². The number of rotatable bonds is 7. The van der Waals surface area contributed by atoms with Crippen LogP contribution in [0.25, 0.3) is 6.08 Å². The molecule has 0 amide bonds. The van der Waals surface area contributed by atoms with Crippen molar-refractivity contribution >= 4 is 6.08 Å². The van der Waals surface area contributed by atoms with Gasteiger partial charge in [0.15, 0.2) is 0 Å². The van der Waals surface area contributed by atoms with E-state index in [9.17, 15) is 0 Å². The van der Waals surface area contributed by atoms with Crippen molar-refractivity contribution < 1.29 is 4.74 Å². The van der Waals surface area contributed by atoms with E-state index >= 15 is 0 Å². The second-order valence-corrected chi connectivity index (χ2v) is 4.48. The summed E-state index contributed by atoms with van der Waals surface area (Å²) in [4.78, 5) is 0. The van der Waals surface area contributed by atoms with Gasteiger partial charge in [0.2, 0.25) is 0 Å². The fourth-order valence-electron chi connectivity index (χ4n) is 1.92. The fourth-order valence-corrected chi connectivity index (χ4v) is 1.92. The monoisotopic (exact) mass is 252 g/mol. The summed E-state index contributed by atoms with van der Waals surface area (Å²) in [5.74, 6) is 0. The zero-order chi connectivity index (χ0) is 13.2. The minimum atomic E-state index is 0.684. The average molecular weight is 252 g/mol. The predicted octanol–water partition coefficient (Wildman–Crippen LogP) is 4.35. The van der Waals surface area contributed by atoms with Gasteiger partial charge in [-0.25, -0.2) is 0 Å². The first kappa shape index (κ1) is 13.6. The number of aryl methyl sites for hydroxylation is 1. The molecule has 98 valence electrons. The van der Waals surface area contributed by atoms with Crippen LogP contribution in [0, 0.1) is 0 Å². The number of benzene rings is 2. The molecule has 0 aliphatic carbocycles. The van der Waals surface area contributed by atoms with Gasteiger partial charge in [-0.05, 0) is 24.0 Å². The van der Waals surface area contributed by atoms with Gasteiger partial charge in [-0.2, -0.15) is 0 Å². The lowest BCUT2D eigenvalue weighted by molar-refractivity contribution is 0.160. The third-order valence-corrected chi connectivity index (χ3v) is 2.92. The molecule has 0 spiro atoms. The van der Waals surface area contributed by atoms with Crippen molar-refractivity contribution in [2.45, 2.75) is 12.8 Å². The summed E-state index contributed by atoms with van der Waals surface area (Å²) in [5.41, 5.74) is 2.60. The highest BCUT2D eigenvalue weighted by atomic mass is 16.5. The summed E-state index contributed by atoms with van der Waals surface area (Å²) >= 11 is 0. The van der Waals surface area contributed by atoms with E-state index in [1.54, 1.807) is 0 Å². The second-order valence-electron chi connectivity index (χ2n) is 4.48. The van der Waals surface area contributed by atoms with Crippen LogP contribution < -0.4 is 0 Å². The molecule has 0 unspecified atom stereocenters. The van der Waals surface area contributed by atoms with Crippen molar-refractivity contribution in [1.29, 1.82) is 0 Å². The summed E-state index contributed by atoms with van der Waals surface area (Å²) in [6.45, 7) is 1.50. The van der Waals surface area contributed by atoms with Crippen LogP contribution in [0.2, 0.25) is 0 Å². The number of ether oxygens (including phenoxy) is 1. The van der Waals surface area contributed by atoms with Gasteiger partial charge in [0.05, 0.1) is 6.61 Å². The largest absolute Gasteiger partial charge is 0.377 e. The maximum Gasteiger partial charge on any atom is 0.0650 e. The molecule has 0 N–H and O–H groups in total. The highest BCUT2D eigenvalue weighted by molar-refractivity contribution is 5.48. The number of hydrogen-bond acceptors (Lipinski definition) is 1. The standard InChI is InChI=1S/C18H20O/c1-3-9-17(10-4-1)13-7-15-19-16-8-14-18-11-5-2-6-12-18/h1-7,9-13H,8,14-16H2/b13-7+. The van der Waals surface area contributed by atoms with E-state index in [-0.39, 0.29) is 0 Å². The van der Waals surface area contributed by atoms with Crippen molar-refractivity contribution in [3.05, 3.63) is 77.9 Å². The van der Waals surface area contributed by atoms with Gasteiger partial charge >= 0.3 is 0 Å². The molecule has 0 radical (unpaired) electrons. The zero-order valence-corrected chi connectivity index (χ0v) is 11.2. The summed E-state index contributed by atoms with van der Waals surface area (Å²) in [6.07, 6.45) is 6.32. The Morgan fingerprint density at radius 2 is 1.53 bits per heavy atom. The zero-order valence-electron chi connectivity index (χ0n) is 11.2. The molecule has 1 nitrogen and oxygen atoms in total. The van der Waals surface area contributed by atoms with Crippen molar-refractivity contribution in [1.82, 2.24) is 0 Å². The molecule has 0 aliphatic heterocycles. The Labute approximate surface area is 115 Å². The van der Waals surface area contributed by atoms with E-state index in [4.69, 9.17) is 4.74 Å². The third kappa shape index (κ3) is 5.54. The molecule has 0 fully saturated rings. The van der Waals surface area contributed by atoms with Crippen molar-refractivity contribution in [2.75, 3.05) is 13.2 Å². The van der Waals surface area contributed by atoms with Gasteiger partial charge in [-0.15, -0.1) is 0 Å². The highest BCUT2D eigenvalue weighted by Crippen LogP contribution is 2.03. The Morgan fingerprint density at radius 1 is 0.842 bits per heavy atom. The molecule has 0 atom stereocenters. The summed E-state index contributed by atoms with van der Waals surface area (Å²) in [6, 6.07) is 20.8. The second kappa shape index (κ2) is 8.28. The normalized spacial score (nSPS) is 10.9. The lowest BCUT2D eigenvalue weighted by Gasteiger charge is -2.02. The van der Waals surface area contributed by atoms with E-state index in [2.05, 4.69) is 48.6 Å². The van der Waals surface area contributed by atoms with Gasteiger partial charge in [0.1, 0.15) is 0 Å². The number of hydrogen-bond donors (Lipinski definition) is 0. The molecule has 0 saturated heterocycles. The lowest BCUT2D eigenvalue weighted by atomic mass is 10.1. The van der Waals surface area contributed by atoms with Crippen LogP contribution in [0.1, 0.15) is 17.5 Å². The topological polar surface area (TPSA) is 9.23 Å². The SMILES string of the molecule is C(=C\c1ccccc1)/COCCCc1ccccc1. The molecule has 19 heavy (non-hydrogen) atoms. The molecule has 0 heterocycles. The molecule has 1 heteroatoms. The maximum absolute atomic E-state index is 5.59. The molecule has 2 aromatic carbocycles. The van der Waals surface area contributed by atoms with Gasteiger partial charge in [-0.1, -0.05) is 72.8 Å². The van der Waals surface area contributed by atoms with E-state index in [0.29, 0.717) is 6.61 Å². The molecule has 0 aliphatic rings. The van der Waals surface area contributed by atoms with Crippen molar-refractivity contribution in [2.24, 2.45) is 0 Å². The lowest BCUT2D eigenvalue weighted by Crippen LogP contribution is -1.96. The van der Waals surface area contributed by atoms with Crippen LogP contribution in [0.5, 0.6) is 0 Å². The van der Waals surface area contributed by atoms with Gasteiger partial charge in [-0.3, -0.25) is 0 Å². The Balaban J connectivity index is 1.56. The van der Waals surface area contributed by atoms with Crippen LogP contribution in [0.15, 0.2) is 66.7 Å². The van der Waals surface area contributed by atoms with E-state index in [0.717, 1.165) is 19.4 Å². The molecular weight excluding hydrogens is 232 g/mol. The Kier molecular flexibility index (Phi) is 5.91. The Bertz CT molecular complexity index is 474. The fraction of sp³-hybridized carbons (Fsp3) is 0.222. The molecule has 0 bridgehead atoms. The molecular formula is C18H20O. The van der Waals surface area contributed by atoms with Gasteiger partial charge in [0.25, 0.3) is 0 Å². The van der Waals surface area contributed by atoms with E-state index in [1.165, 1.54) is 11.1 Å². The maximum atomic E-state index is 5.59. The first-order chi connectivity index (χ1) is 9.45. The predicted molar refractivity (Wildman–Crippen MR) is 81.1 cm³/mol. The molecule has 0 aromatic heterocycles. The summed E-state index contributed by atoms with van der Waals surface area (Å²) in [5, 5.41) is 0. The van der Waals surface area contributed by atoms with Gasteiger partial charge in [0, 0.05) is 6.61 Å². The minimum absolute atomic E-state index is 0.684. The quantitative estimate of drug-likeness (QED) is 0.666. The van der Waals surface area contributed by atoms with Crippen molar-refractivity contribution in [3.63, 3.8) is 0 Å².